The molecule has 2 aliphatic heterocycles. The second-order valence-electron chi connectivity index (χ2n) is 15.2. The van der Waals surface area contributed by atoms with Gasteiger partial charge < -0.3 is 14.1 Å². The first-order chi connectivity index (χ1) is 28.8. The van der Waals surface area contributed by atoms with Crippen LogP contribution in [-0.2, 0) is 0 Å². The molecule has 3 nitrogen and oxygen atoms in total. The maximum absolute atomic E-state index is 7.04. The van der Waals surface area contributed by atoms with Crippen molar-refractivity contribution < 1.29 is 4.74 Å². The van der Waals surface area contributed by atoms with Gasteiger partial charge in [-0.3, -0.25) is 0 Å². The lowest BCUT2D eigenvalue weighted by Gasteiger charge is -2.43. The molecule has 270 valence electrons. The number of rotatable bonds is 5. The molecule has 10 aromatic rings. The molecule has 2 aliphatic rings. The van der Waals surface area contributed by atoms with E-state index in [-0.39, 0.29) is 6.85 Å². The summed E-state index contributed by atoms with van der Waals surface area (Å²) in [6, 6.07) is 76.8. The maximum atomic E-state index is 7.04. The van der Waals surface area contributed by atoms with E-state index in [2.05, 4.69) is 222 Å². The van der Waals surface area contributed by atoms with Crippen LogP contribution in [0.25, 0.3) is 72.0 Å². The zero-order valence-corrected chi connectivity index (χ0v) is 31.6. The molecule has 0 spiro atoms. The second kappa shape index (κ2) is 13.0. The predicted octanol–water partition coefficient (Wildman–Crippen LogP) is 12.8. The molecular formula is C54H35BN2O. The Kier molecular flexibility index (Phi) is 7.33. The number of aromatic nitrogens is 1. The van der Waals surface area contributed by atoms with E-state index in [4.69, 9.17) is 4.74 Å². The third-order valence-corrected chi connectivity index (χ3v) is 12.0. The Labute approximate surface area is 337 Å². The van der Waals surface area contributed by atoms with Crippen LogP contribution in [0.15, 0.2) is 212 Å². The lowest BCUT2D eigenvalue weighted by Crippen LogP contribution is -2.59. The Morgan fingerprint density at radius 3 is 1.69 bits per heavy atom. The first-order valence-corrected chi connectivity index (χ1v) is 20.0. The number of ether oxygens (including phenoxy) is 1. The van der Waals surface area contributed by atoms with Gasteiger partial charge in [-0.05, 0) is 93.4 Å². The van der Waals surface area contributed by atoms with Gasteiger partial charge in [-0.2, -0.15) is 0 Å². The fraction of sp³-hybridized carbons (Fsp3) is 0. The van der Waals surface area contributed by atoms with E-state index < -0.39 is 0 Å². The minimum atomic E-state index is -0.154. The molecule has 58 heavy (non-hydrogen) atoms. The van der Waals surface area contributed by atoms with Gasteiger partial charge in [-0.1, -0.05) is 158 Å². The minimum Gasteiger partial charge on any atom is -0.458 e. The van der Waals surface area contributed by atoms with Gasteiger partial charge in [0.15, 0.2) is 0 Å². The summed E-state index contributed by atoms with van der Waals surface area (Å²) >= 11 is 0. The van der Waals surface area contributed by atoms with Crippen LogP contribution in [-0.4, -0.2) is 11.4 Å². The highest BCUT2D eigenvalue weighted by atomic mass is 16.5. The number of anilines is 2. The van der Waals surface area contributed by atoms with Crippen LogP contribution in [0.4, 0.5) is 11.4 Å². The highest BCUT2D eigenvalue weighted by Gasteiger charge is 2.44. The topological polar surface area (TPSA) is 17.4 Å². The van der Waals surface area contributed by atoms with Crippen LogP contribution in [0.1, 0.15) is 0 Å². The number of hydrogen-bond acceptors (Lipinski definition) is 2. The average molecular weight is 739 g/mol. The van der Waals surface area contributed by atoms with Gasteiger partial charge in [-0.25, -0.2) is 0 Å². The van der Waals surface area contributed by atoms with E-state index in [0.717, 1.165) is 45.0 Å². The Morgan fingerprint density at radius 1 is 0.362 bits per heavy atom. The Balaban J connectivity index is 1.08. The van der Waals surface area contributed by atoms with E-state index in [9.17, 15) is 0 Å². The number of para-hydroxylation sites is 4. The van der Waals surface area contributed by atoms with E-state index in [0.29, 0.717) is 0 Å². The molecular weight excluding hydrogens is 703 g/mol. The Hall–Kier alpha value is -7.56. The van der Waals surface area contributed by atoms with Crippen LogP contribution in [0.2, 0.25) is 0 Å². The zero-order valence-electron chi connectivity index (χ0n) is 31.6. The van der Waals surface area contributed by atoms with Crippen LogP contribution < -0.4 is 20.5 Å². The summed E-state index contributed by atoms with van der Waals surface area (Å²) < 4.78 is 9.43. The molecule has 0 amide bonds. The van der Waals surface area contributed by atoms with Crippen LogP contribution in [0.5, 0.6) is 11.5 Å². The first-order valence-electron chi connectivity index (χ1n) is 20.0. The van der Waals surface area contributed by atoms with Crippen molar-refractivity contribution >= 4 is 51.0 Å². The molecule has 0 saturated heterocycles. The standard InChI is InChI=1S/C54H35BN2O/c1-3-16-36(17-4-1)40-33-46-45-25-10-14-29-51(45)57(50-28-13-7-22-42(50)37-18-5-2-6-19-37)55-47-34-39(30-31-52(47)58-53(35-40)54(46)55)38-20-15-21-41(32-38)56-48-26-11-8-23-43(48)44-24-9-12-27-49(44)56/h1-35H. The van der Waals surface area contributed by atoms with E-state index in [1.165, 1.54) is 60.8 Å². The lowest BCUT2D eigenvalue weighted by molar-refractivity contribution is 0.487. The van der Waals surface area contributed by atoms with Crippen molar-refractivity contribution in [3.05, 3.63) is 212 Å². The highest BCUT2D eigenvalue weighted by Crippen LogP contribution is 2.47. The highest BCUT2D eigenvalue weighted by molar-refractivity contribution is 6.92. The molecule has 4 heteroatoms. The summed E-state index contributed by atoms with van der Waals surface area (Å²) in [6.45, 7) is -0.154. The molecule has 0 saturated carbocycles. The van der Waals surface area contributed by atoms with Crippen molar-refractivity contribution in [3.63, 3.8) is 0 Å². The van der Waals surface area contributed by atoms with E-state index in [1.54, 1.807) is 0 Å². The van der Waals surface area contributed by atoms with Gasteiger partial charge in [0.25, 0.3) is 0 Å². The van der Waals surface area contributed by atoms with Crippen molar-refractivity contribution in [2.45, 2.75) is 0 Å². The SMILES string of the molecule is c1ccc(-c2cc3c4c(c2)-c2ccccc2N(c2ccccc2-c2ccccc2)B4c2cc(-c4cccc(-n5c6ccccc6c6ccccc65)c4)ccc2O3)cc1. The number of nitrogens with zero attached hydrogens (tertiary/aromatic N) is 2. The normalized spacial score (nSPS) is 12.6. The van der Waals surface area contributed by atoms with Crippen molar-refractivity contribution in [2.24, 2.45) is 0 Å². The maximum Gasteiger partial charge on any atom is 0.336 e. The van der Waals surface area contributed by atoms with Crippen molar-refractivity contribution in [2.75, 3.05) is 4.81 Å². The fourth-order valence-corrected chi connectivity index (χ4v) is 9.48. The largest absolute Gasteiger partial charge is 0.458 e. The van der Waals surface area contributed by atoms with Gasteiger partial charge in [0.05, 0.1) is 11.0 Å². The monoisotopic (exact) mass is 738 g/mol. The summed E-state index contributed by atoms with van der Waals surface area (Å²) in [5.41, 5.74) is 17.6. The van der Waals surface area contributed by atoms with E-state index in [1.807, 2.05) is 0 Å². The molecule has 1 aromatic heterocycles. The van der Waals surface area contributed by atoms with Gasteiger partial charge in [0.1, 0.15) is 11.5 Å². The third-order valence-electron chi connectivity index (χ3n) is 12.0. The van der Waals surface area contributed by atoms with Crippen molar-refractivity contribution in [3.8, 4) is 61.7 Å². The molecule has 3 heterocycles. The molecule has 12 rings (SSSR count). The molecule has 0 atom stereocenters. The van der Waals surface area contributed by atoms with E-state index >= 15 is 0 Å². The van der Waals surface area contributed by atoms with Gasteiger partial charge in [0, 0.05) is 44.4 Å². The lowest BCUT2D eigenvalue weighted by atomic mass is 9.44. The molecule has 0 unspecified atom stereocenters. The molecule has 0 radical (unpaired) electrons. The molecule has 9 aromatic carbocycles. The minimum absolute atomic E-state index is 0.154. The van der Waals surface area contributed by atoms with Crippen LogP contribution in [0, 0.1) is 0 Å². The van der Waals surface area contributed by atoms with Crippen molar-refractivity contribution in [1.82, 2.24) is 4.57 Å². The smallest absolute Gasteiger partial charge is 0.336 e. The molecule has 0 aliphatic carbocycles. The van der Waals surface area contributed by atoms with Crippen LogP contribution >= 0.6 is 0 Å². The second-order valence-corrected chi connectivity index (χ2v) is 15.2. The molecule has 0 fully saturated rings. The summed E-state index contributed by atoms with van der Waals surface area (Å²) in [6.07, 6.45) is 0. The Bertz CT molecular complexity index is 3170. The Morgan fingerprint density at radius 2 is 0.948 bits per heavy atom. The quantitative estimate of drug-likeness (QED) is 0.164. The van der Waals surface area contributed by atoms with Crippen LogP contribution in [0.3, 0.4) is 0 Å². The third kappa shape index (κ3) is 5.02. The van der Waals surface area contributed by atoms with Gasteiger partial charge in [-0.15, -0.1) is 0 Å². The van der Waals surface area contributed by atoms with Gasteiger partial charge in [0.2, 0.25) is 0 Å². The zero-order chi connectivity index (χ0) is 38.2. The average Bonchev–Trinajstić information content (AvgIpc) is 3.64. The summed E-state index contributed by atoms with van der Waals surface area (Å²) in [5, 5.41) is 2.51. The first kappa shape index (κ1) is 32.7. The summed E-state index contributed by atoms with van der Waals surface area (Å²) in [7, 11) is 0. The summed E-state index contributed by atoms with van der Waals surface area (Å²) in [4.78, 5) is 2.56. The van der Waals surface area contributed by atoms with Crippen molar-refractivity contribution in [1.29, 1.82) is 0 Å². The molecule has 0 N–H and O–H groups in total. The fourth-order valence-electron chi connectivity index (χ4n) is 9.48. The number of hydrogen-bond donors (Lipinski definition) is 0. The summed E-state index contributed by atoms with van der Waals surface area (Å²) in [5.74, 6) is 1.77. The number of fused-ring (bicyclic) bond motifs is 7. The number of benzene rings is 9. The van der Waals surface area contributed by atoms with Gasteiger partial charge >= 0.3 is 6.85 Å². The molecule has 0 bridgehead atoms. The predicted molar refractivity (Wildman–Crippen MR) is 243 cm³/mol.